The van der Waals surface area contributed by atoms with Crippen LogP contribution >= 0.6 is 0 Å². The Balaban J connectivity index is 1.63. The Bertz CT molecular complexity index is 1090. The summed E-state index contributed by atoms with van der Waals surface area (Å²) in [5.41, 5.74) is 0.440. The van der Waals surface area contributed by atoms with E-state index in [9.17, 15) is 14.4 Å². The number of likely N-dealkylation sites (N-methyl/N-ethyl adjacent to an activating group) is 1. The lowest BCUT2D eigenvalue weighted by atomic mass is 9.75. The second kappa shape index (κ2) is 11.2. The zero-order chi connectivity index (χ0) is 25.7. The third kappa shape index (κ3) is 5.01. The van der Waals surface area contributed by atoms with Crippen molar-refractivity contribution in [2.24, 2.45) is 0 Å². The van der Waals surface area contributed by atoms with E-state index < -0.39 is 5.41 Å². The van der Waals surface area contributed by atoms with E-state index >= 15 is 0 Å². The molecule has 8 nitrogen and oxygen atoms in total. The van der Waals surface area contributed by atoms with E-state index in [1.165, 1.54) is 12.0 Å². The van der Waals surface area contributed by atoms with Gasteiger partial charge in [-0.25, -0.2) is 0 Å². The average molecular weight is 494 g/mol. The molecular formula is C28H35N3O5. The normalized spacial score (nSPS) is 22.8. The molecule has 0 unspecified atom stereocenters. The predicted molar refractivity (Wildman–Crippen MR) is 136 cm³/mol. The quantitative estimate of drug-likeness (QED) is 0.395. The summed E-state index contributed by atoms with van der Waals surface area (Å²) in [6, 6.07) is 17.4. The van der Waals surface area contributed by atoms with Crippen LogP contribution in [0.4, 0.5) is 0 Å². The van der Waals surface area contributed by atoms with Crippen molar-refractivity contribution in [3.8, 4) is 5.75 Å². The van der Waals surface area contributed by atoms with E-state index in [0.29, 0.717) is 37.4 Å². The van der Waals surface area contributed by atoms with Crippen molar-refractivity contribution in [2.75, 3.05) is 54.1 Å². The minimum atomic E-state index is -1.29. The number of carbonyl (C=O) groups excluding carboxylic acids is 3. The van der Waals surface area contributed by atoms with Crippen LogP contribution in [0.2, 0.25) is 0 Å². The molecule has 2 aromatic rings. The Morgan fingerprint density at radius 3 is 2.47 bits per heavy atom. The second-order valence-corrected chi connectivity index (χ2v) is 9.58. The van der Waals surface area contributed by atoms with E-state index in [4.69, 9.17) is 9.47 Å². The standard InChI is InChI=1S/C28H35N3O5/c1-29-15-16-30(20-23(29)21-10-5-4-6-11-21)25(32)18-28(22-12-7-8-13-24(22)36-3)19-26(33)31(27(28)34)14-9-17-35-2/h4-8,10-13,23H,9,14-20H2,1-3H3/t23-,28+/m1/s1. The van der Waals surface area contributed by atoms with Gasteiger partial charge in [0.25, 0.3) is 0 Å². The number of likely N-dealkylation sites (tertiary alicyclic amines) is 1. The van der Waals surface area contributed by atoms with Gasteiger partial charge in [0.05, 0.1) is 18.6 Å². The minimum Gasteiger partial charge on any atom is -0.496 e. The van der Waals surface area contributed by atoms with E-state index in [-0.39, 0.29) is 43.1 Å². The number of amides is 3. The molecule has 0 aliphatic carbocycles. The van der Waals surface area contributed by atoms with Crippen molar-refractivity contribution in [3.05, 3.63) is 65.7 Å². The van der Waals surface area contributed by atoms with Crippen molar-refractivity contribution in [3.63, 3.8) is 0 Å². The number of imide groups is 1. The summed E-state index contributed by atoms with van der Waals surface area (Å²) >= 11 is 0. The topological polar surface area (TPSA) is 79.4 Å². The molecule has 3 amide bonds. The molecule has 2 heterocycles. The summed E-state index contributed by atoms with van der Waals surface area (Å²) < 4.78 is 10.7. The van der Waals surface area contributed by atoms with Crippen LogP contribution in [0.15, 0.2) is 54.6 Å². The van der Waals surface area contributed by atoms with Gasteiger partial charge in [-0.05, 0) is 25.1 Å². The van der Waals surface area contributed by atoms with Crippen molar-refractivity contribution < 1.29 is 23.9 Å². The molecule has 2 fully saturated rings. The summed E-state index contributed by atoms with van der Waals surface area (Å²) in [5.74, 6) is -0.230. The first kappa shape index (κ1) is 25.9. The Morgan fingerprint density at radius 2 is 1.75 bits per heavy atom. The maximum Gasteiger partial charge on any atom is 0.241 e. The van der Waals surface area contributed by atoms with Crippen molar-refractivity contribution in [2.45, 2.75) is 30.7 Å². The molecule has 0 spiro atoms. The lowest BCUT2D eigenvalue weighted by Gasteiger charge is -2.41. The molecule has 0 aromatic heterocycles. The molecule has 0 N–H and O–H groups in total. The monoisotopic (exact) mass is 493 g/mol. The molecule has 2 aliphatic heterocycles. The molecule has 0 bridgehead atoms. The van der Waals surface area contributed by atoms with Gasteiger partial charge in [0.2, 0.25) is 17.7 Å². The number of benzene rings is 2. The summed E-state index contributed by atoms with van der Waals surface area (Å²) in [7, 11) is 5.19. The number of piperazine rings is 1. The highest BCUT2D eigenvalue weighted by molar-refractivity contribution is 6.11. The number of hydrogen-bond acceptors (Lipinski definition) is 6. The Morgan fingerprint density at radius 1 is 1.03 bits per heavy atom. The van der Waals surface area contributed by atoms with E-state index in [1.54, 1.807) is 19.2 Å². The van der Waals surface area contributed by atoms with Crippen molar-refractivity contribution in [1.82, 2.24) is 14.7 Å². The van der Waals surface area contributed by atoms with Gasteiger partial charge in [0.1, 0.15) is 5.75 Å². The van der Waals surface area contributed by atoms with Gasteiger partial charge in [0.15, 0.2) is 0 Å². The third-order valence-electron chi connectivity index (χ3n) is 7.40. The fraction of sp³-hybridized carbons (Fsp3) is 0.464. The SMILES string of the molecule is COCCCN1C(=O)C[C@@](CC(=O)N2CCN(C)[C@@H](c3ccccc3)C2)(c2ccccc2OC)C1=O. The number of nitrogens with zero attached hydrogens (tertiary/aromatic N) is 3. The minimum absolute atomic E-state index is 0.0548. The van der Waals surface area contributed by atoms with Gasteiger partial charge < -0.3 is 14.4 Å². The van der Waals surface area contributed by atoms with Crippen LogP contribution < -0.4 is 4.74 Å². The van der Waals surface area contributed by atoms with Crippen LogP contribution in [0.5, 0.6) is 5.75 Å². The molecule has 0 radical (unpaired) electrons. The third-order valence-corrected chi connectivity index (χ3v) is 7.40. The maximum absolute atomic E-state index is 13.9. The summed E-state index contributed by atoms with van der Waals surface area (Å²) in [4.78, 5) is 46.2. The maximum atomic E-state index is 13.9. The number of methoxy groups -OCH3 is 2. The number of ether oxygens (including phenoxy) is 2. The predicted octanol–water partition coefficient (Wildman–Crippen LogP) is 2.63. The van der Waals surface area contributed by atoms with Crippen LogP contribution in [-0.4, -0.2) is 86.5 Å². The molecule has 2 aromatic carbocycles. The second-order valence-electron chi connectivity index (χ2n) is 9.58. The van der Waals surface area contributed by atoms with Crippen LogP contribution in [0.25, 0.3) is 0 Å². The van der Waals surface area contributed by atoms with Crippen LogP contribution in [0.1, 0.15) is 36.4 Å². The zero-order valence-electron chi connectivity index (χ0n) is 21.3. The van der Waals surface area contributed by atoms with Gasteiger partial charge in [0, 0.05) is 58.3 Å². The summed E-state index contributed by atoms with van der Waals surface area (Å²) in [6.07, 6.45) is 0.409. The van der Waals surface area contributed by atoms with Gasteiger partial charge >= 0.3 is 0 Å². The first-order valence-electron chi connectivity index (χ1n) is 12.4. The average Bonchev–Trinajstić information content (AvgIpc) is 3.14. The molecule has 2 saturated heterocycles. The van der Waals surface area contributed by atoms with Crippen LogP contribution in [-0.2, 0) is 24.5 Å². The first-order chi connectivity index (χ1) is 17.4. The molecule has 192 valence electrons. The zero-order valence-corrected chi connectivity index (χ0v) is 21.3. The Kier molecular flexibility index (Phi) is 8.06. The highest BCUT2D eigenvalue weighted by Crippen LogP contribution is 2.44. The molecule has 2 atom stereocenters. The molecular weight excluding hydrogens is 458 g/mol. The van der Waals surface area contributed by atoms with Gasteiger partial charge in [-0.2, -0.15) is 0 Å². The highest BCUT2D eigenvalue weighted by Gasteiger charge is 2.55. The lowest BCUT2D eigenvalue weighted by Crippen LogP contribution is -2.51. The van der Waals surface area contributed by atoms with Gasteiger partial charge in [-0.3, -0.25) is 24.2 Å². The Hall–Kier alpha value is -3.23. The molecule has 0 saturated carbocycles. The molecule has 2 aliphatic rings. The largest absolute Gasteiger partial charge is 0.496 e. The number of rotatable bonds is 9. The molecule has 8 heteroatoms. The number of hydrogen-bond donors (Lipinski definition) is 0. The number of para-hydroxylation sites is 1. The van der Waals surface area contributed by atoms with Crippen molar-refractivity contribution in [1.29, 1.82) is 0 Å². The van der Waals surface area contributed by atoms with Crippen LogP contribution in [0.3, 0.4) is 0 Å². The molecule has 4 rings (SSSR count). The fourth-order valence-corrected chi connectivity index (χ4v) is 5.38. The summed E-state index contributed by atoms with van der Waals surface area (Å²) in [5, 5.41) is 0. The van der Waals surface area contributed by atoms with E-state index in [0.717, 1.165) is 12.1 Å². The van der Waals surface area contributed by atoms with Crippen molar-refractivity contribution >= 4 is 17.7 Å². The number of carbonyl (C=O) groups is 3. The fourth-order valence-electron chi connectivity index (χ4n) is 5.38. The first-order valence-corrected chi connectivity index (χ1v) is 12.4. The van der Waals surface area contributed by atoms with Gasteiger partial charge in [-0.1, -0.05) is 48.5 Å². The smallest absolute Gasteiger partial charge is 0.241 e. The van der Waals surface area contributed by atoms with Gasteiger partial charge in [-0.15, -0.1) is 0 Å². The Labute approximate surface area is 212 Å². The lowest BCUT2D eigenvalue weighted by molar-refractivity contribution is -0.143. The van der Waals surface area contributed by atoms with Crippen LogP contribution in [0, 0.1) is 0 Å². The van der Waals surface area contributed by atoms with E-state index in [2.05, 4.69) is 24.1 Å². The molecule has 36 heavy (non-hydrogen) atoms. The summed E-state index contributed by atoms with van der Waals surface area (Å²) in [6.45, 7) is 2.53. The van der Waals surface area contributed by atoms with E-state index in [1.807, 2.05) is 35.2 Å². The highest BCUT2D eigenvalue weighted by atomic mass is 16.5.